The van der Waals surface area contributed by atoms with Crippen molar-refractivity contribution in [2.24, 2.45) is 0 Å². The minimum Gasteiger partial charge on any atom is -0.479 e. The molecule has 0 aliphatic carbocycles. The van der Waals surface area contributed by atoms with Gasteiger partial charge in [0.15, 0.2) is 5.54 Å². The molecule has 6 heteroatoms. The molecule has 0 bridgehead atoms. The Morgan fingerprint density at radius 1 is 1.24 bits per heavy atom. The molecule has 0 fully saturated rings. The van der Waals surface area contributed by atoms with E-state index < -0.39 is 11.5 Å². The van der Waals surface area contributed by atoms with Gasteiger partial charge in [0, 0.05) is 15.7 Å². The first-order chi connectivity index (χ1) is 9.84. The Bertz CT molecular complexity index is 693. The summed E-state index contributed by atoms with van der Waals surface area (Å²) in [6.45, 7) is 1.55. The molecule has 21 heavy (non-hydrogen) atoms. The molecule has 2 N–H and O–H groups in total. The quantitative estimate of drug-likeness (QED) is 0.759. The summed E-state index contributed by atoms with van der Waals surface area (Å²) in [5, 5.41) is 13.2. The average molecular weight is 389 g/mol. The summed E-state index contributed by atoms with van der Waals surface area (Å²) >= 11 is 15.5. The topological polar surface area (TPSA) is 49.3 Å². The van der Waals surface area contributed by atoms with Gasteiger partial charge >= 0.3 is 5.97 Å². The van der Waals surface area contributed by atoms with Gasteiger partial charge in [0.2, 0.25) is 0 Å². The monoisotopic (exact) mass is 387 g/mol. The number of anilines is 1. The number of hydrogen-bond acceptors (Lipinski definition) is 2. The van der Waals surface area contributed by atoms with Gasteiger partial charge in [-0.25, -0.2) is 4.79 Å². The Hall–Kier alpha value is -1.23. The van der Waals surface area contributed by atoms with Crippen molar-refractivity contribution in [2.75, 3.05) is 5.32 Å². The molecule has 0 amide bonds. The summed E-state index contributed by atoms with van der Waals surface area (Å²) in [5.74, 6) is -1.05. The Morgan fingerprint density at radius 3 is 2.52 bits per heavy atom. The number of nitrogens with one attached hydrogen (secondary N) is 1. The molecule has 2 aromatic carbocycles. The molecule has 3 nitrogen and oxygen atoms in total. The summed E-state index contributed by atoms with van der Waals surface area (Å²) in [7, 11) is 0. The normalized spacial score (nSPS) is 13.5. The van der Waals surface area contributed by atoms with Crippen LogP contribution < -0.4 is 5.32 Å². The third kappa shape index (κ3) is 3.34. The zero-order valence-electron chi connectivity index (χ0n) is 11.0. The van der Waals surface area contributed by atoms with Gasteiger partial charge in [-0.1, -0.05) is 57.3 Å². The van der Waals surface area contributed by atoms with Crippen molar-refractivity contribution in [1.29, 1.82) is 0 Å². The van der Waals surface area contributed by atoms with E-state index in [2.05, 4.69) is 21.2 Å². The van der Waals surface area contributed by atoms with Crippen molar-refractivity contribution < 1.29 is 9.90 Å². The molecule has 0 saturated heterocycles. The number of carbonyl (C=O) groups is 1. The van der Waals surface area contributed by atoms with Gasteiger partial charge in [-0.05, 0) is 31.2 Å². The number of hydrogen-bond donors (Lipinski definition) is 2. The van der Waals surface area contributed by atoms with Gasteiger partial charge in [0.25, 0.3) is 0 Å². The van der Waals surface area contributed by atoms with Crippen LogP contribution in [0.3, 0.4) is 0 Å². The number of carboxylic acids is 1. The van der Waals surface area contributed by atoms with Gasteiger partial charge in [0.1, 0.15) is 0 Å². The lowest BCUT2D eigenvalue weighted by atomic mass is 9.91. The van der Waals surface area contributed by atoms with E-state index in [0.717, 1.165) is 4.47 Å². The Morgan fingerprint density at radius 2 is 1.90 bits per heavy atom. The van der Waals surface area contributed by atoms with Gasteiger partial charge in [-0.15, -0.1) is 0 Å². The van der Waals surface area contributed by atoms with E-state index in [4.69, 9.17) is 23.2 Å². The first-order valence-electron chi connectivity index (χ1n) is 6.06. The molecule has 1 unspecified atom stereocenters. The third-order valence-corrected chi connectivity index (χ3v) is 4.45. The van der Waals surface area contributed by atoms with Crippen molar-refractivity contribution >= 4 is 50.8 Å². The average Bonchev–Trinajstić information content (AvgIpc) is 2.41. The van der Waals surface area contributed by atoms with Crippen molar-refractivity contribution in [1.82, 2.24) is 0 Å². The SMILES string of the molecule is CC(Nc1cccc(Br)c1)(C(=O)O)c1cccc(Cl)c1Cl. The second-order valence-electron chi connectivity index (χ2n) is 4.67. The number of carboxylic acid groups (broad SMARTS) is 1. The first-order valence-corrected chi connectivity index (χ1v) is 7.61. The zero-order chi connectivity index (χ0) is 15.6. The van der Waals surface area contributed by atoms with E-state index in [-0.39, 0.29) is 5.02 Å². The smallest absolute Gasteiger partial charge is 0.333 e. The zero-order valence-corrected chi connectivity index (χ0v) is 14.1. The van der Waals surface area contributed by atoms with Crippen LogP contribution in [-0.4, -0.2) is 11.1 Å². The van der Waals surface area contributed by atoms with Crippen LogP contribution in [0, 0.1) is 0 Å². The molecule has 0 spiro atoms. The molecule has 0 heterocycles. The Balaban J connectivity index is 2.51. The lowest BCUT2D eigenvalue weighted by Gasteiger charge is -2.29. The van der Waals surface area contributed by atoms with E-state index in [1.54, 1.807) is 37.3 Å². The highest BCUT2D eigenvalue weighted by molar-refractivity contribution is 9.10. The van der Waals surface area contributed by atoms with Crippen molar-refractivity contribution in [3.05, 3.63) is 62.5 Å². The summed E-state index contributed by atoms with van der Waals surface area (Å²) < 4.78 is 0.845. The lowest BCUT2D eigenvalue weighted by Crippen LogP contribution is -2.40. The number of halogens is 3. The van der Waals surface area contributed by atoms with Crippen LogP contribution in [0.4, 0.5) is 5.69 Å². The lowest BCUT2D eigenvalue weighted by molar-refractivity contribution is -0.142. The second-order valence-corrected chi connectivity index (χ2v) is 6.37. The van der Waals surface area contributed by atoms with Crippen LogP contribution in [-0.2, 0) is 10.3 Å². The molecule has 0 saturated carbocycles. The Kier molecular flexibility index (Phi) is 4.81. The minimum absolute atomic E-state index is 0.228. The molecule has 110 valence electrons. The van der Waals surface area contributed by atoms with Crippen LogP contribution in [0.15, 0.2) is 46.9 Å². The molecule has 0 radical (unpaired) electrons. The van der Waals surface area contributed by atoms with Gasteiger partial charge in [-0.2, -0.15) is 0 Å². The maximum absolute atomic E-state index is 11.8. The second kappa shape index (κ2) is 6.26. The van der Waals surface area contributed by atoms with Gasteiger partial charge < -0.3 is 10.4 Å². The maximum Gasteiger partial charge on any atom is 0.333 e. The molecule has 0 aromatic heterocycles. The number of rotatable bonds is 4. The molecule has 0 aliphatic heterocycles. The molecule has 0 aliphatic rings. The summed E-state index contributed by atoms with van der Waals surface area (Å²) in [6.07, 6.45) is 0. The van der Waals surface area contributed by atoms with Crippen molar-refractivity contribution in [3.8, 4) is 0 Å². The van der Waals surface area contributed by atoms with E-state index in [1.165, 1.54) is 0 Å². The van der Waals surface area contributed by atoms with Crippen LogP contribution in [0.2, 0.25) is 10.0 Å². The number of benzene rings is 2. The van der Waals surface area contributed by atoms with E-state index in [0.29, 0.717) is 16.3 Å². The standard InChI is InChI=1S/C15H12BrCl2NO2/c1-15(14(20)21,11-6-3-7-12(17)13(11)18)19-10-5-2-4-9(16)8-10/h2-8,19H,1H3,(H,20,21). The van der Waals surface area contributed by atoms with Gasteiger partial charge in [0.05, 0.1) is 10.0 Å². The van der Waals surface area contributed by atoms with Gasteiger partial charge in [-0.3, -0.25) is 0 Å². The molecular weight excluding hydrogens is 377 g/mol. The van der Waals surface area contributed by atoms with E-state index >= 15 is 0 Å². The van der Waals surface area contributed by atoms with E-state index in [1.807, 2.05) is 12.1 Å². The summed E-state index contributed by atoms with van der Waals surface area (Å²) in [4.78, 5) is 11.8. The highest BCUT2D eigenvalue weighted by Gasteiger charge is 2.37. The fraction of sp³-hybridized carbons (Fsp3) is 0.133. The van der Waals surface area contributed by atoms with Crippen LogP contribution in [0.5, 0.6) is 0 Å². The predicted octanol–water partition coefficient (Wildman–Crippen LogP) is 5.17. The fourth-order valence-corrected chi connectivity index (χ4v) is 2.87. The maximum atomic E-state index is 11.8. The summed E-state index contributed by atoms with van der Waals surface area (Å²) in [6, 6.07) is 12.2. The Labute approximate surface area is 141 Å². The highest BCUT2D eigenvalue weighted by Crippen LogP contribution is 2.36. The largest absolute Gasteiger partial charge is 0.479 e. The predicted molar refractivity (Wildman–Crippen MR) is 89.2 cm³/mol. The van der Waals surface area contributed by atoms with Crippen molar-refractivity contribution in [3.63, 3.8) is 0 Å². The van der Waals surface area contributed by atoms with Crippen molar-refractivity contribution in [2.45, 2.75) is 12.5 Å². The van der Waals surface area contributed by atoms with Crippen LogP contribution >= 0.6 is 39.1 Å². The molecule has 2 aromatic rings. The van der Waals surface area contributed by atoms with Crippen LogP contribution in [0.25, 0.3) is 0 Å². The van der Waals surface area contributed by atoms with Crippen LogP contribution in [0.1, 0.15) is 12.5 Å². The highest BCUT2D eigenvalue weighted by atomic mass is 79.9. The molecular formula is C15H12BrCl2NO2. The third-order valence-electron chi connectivity index (χ3n) is 3.14. The fourth-order valence-electron chi connectivity index (χ4n) is 1.98. The molecule has 1 atom stereocenters. The molecule has 2 rings (SSSR count). The van der Waals surface area contributed by atoms with E-state index in [9.17, 15) is 9.90 Å². The minimum atomic E-state index is -1.40. The summed E-state index contributed by atoms with van der Waals surface area (Å²) in [5.41, 5.74) is -0.336. The first kappa shape index (κ1) is 16.1. The number of aliphatic carboxylic acids is 1.